The Morgan fingerprint density at radius 1 is 1.47 bits per heavy atom. The predicted molar refractivity (Wildman–Crippen MR) is 63.2 cm³/mol. The maximum atomic E-state index is 5.73. The molecule has 0 saturated heterocycles. The van der Waals surface area contributed by atoms with Crippen LogP contribution in [0, 0.1) is 5.41 Å². The SMILES string of the molecule is C=CC(C)(C)CC1=NC2(CCCC2)CO1. The van der Waals surface area contributed by atoms with Crippen LogP contribution in [-0.4, -0.2) is 18.0 Å². The zero-order chi connectivity index (χ0) is 10.9. The van der Waals surface area contributed by atoms with Crippen LogP contribution in [0.15, 0.2) is 17.6 Å². The Bertz CT molecular complexity index is 285. The molecule has 15 heavy (non-hydrogen) atoms. The van der Waals surface area contributed by atoms with Gasteiger partial charge in [-0.15, -0.1) is 6.58 Å². The molecule has 2 aliphatic rings. The molecular weight excluding hydrogens is 186 g/mol. The lowest BCUT2D eigenvalue weighted by molar-refractivity contribution is 0.248. The van der Waals surface area contributed by atoms with Crippen molar-refractivity contribution in [2.45, 2.75) is 51.5 Å². The molecular formula is C13H21NO. The number of rotatable bonds is 3. The van der Waals surface area contributed by atoms with Crippen LogP contribution in [0.1, 0.15) is 46.0 Å². The molecule has 1 spiro atoms. The number of hydrogen-bond acceptors (Lipinski definition) is 2. The molecule has 84 valence electrons. The van der Waals surface area contributed by atoms with E-state index < -0.39 is 0 Å². The first kappa shape index (κ1) is 10.7. The lowest BCUT2D eigenvalue weighted by atomic mass is 9.89. The fourth-order valence-electron chi connectivity index (χ4n) is 2.39. The monoisotopic (exact) mass is 207 g/mol. The molecule has 0 N–H and O–H groups in total. The molecule has 0 aromatic heterocycles. The number of aliphatic imine (C=N–C) groups is 1. The van der Waals surface area contributed by atoms with E-state index in [1.54, 1.807) is 0 Å². The topological polar surface area (TPSA) is 21.6 Å². The summed E-state index contributed by atoms with van der Waals surface area (Å²) in [6, 6.07) is 0. The third-order valence-corrected chi connectivity index (χ3v) is 3.56. The molecule has 1 aliphatic heterocycles. The average Bonchev–Trinajstić information content (AvgIpc) is 2.78. The van der Waals surface area contributed by atoms with Crippen molar-refractivity contribution in [2.24, 2.45) is 10.4 Å². The second kappa shape index (κ2) is 3.66. The molecule has 0 bridgehead atoms. The highest BCUT2D eigenvalue weighted by atomic mass is 16.5. The Kier molecular flexibility index (Phi) is 2.61. The highest BCUT2D eigenvalue weighted by Crippen LogP contribution is 2.38. The van der Waals surface area contributed by atoms with Gasteiger partial charge in [0.25, 0.3) is 0 Å². The molecule has 1 fully saturated rings. The Balaban J connectivity index is 2.03. The van der Waals surface area contributed by atoms with E-state index in [1.807, 2.05) is 6.08 Å². The van der Waals surface area contributed by atoms with E-state index >= 15 is 0 Å². The summed E-state index contributed by atoms with van der Waals surface area (Å²) < 4.78 is 5.73. The van der Waals surface area contributed by atoms with Gasteiger partial charge in [0, 0.05) is 6.42 Å². The minimum Gasteiger partial charge on any atom is -0.478 e. The molecule has 0 amide bonds. The smallest absolute Gasteiger partial charge is 0.184 e. The normalized spacial score (nSPS) is 24.0. The minimum atomic E-state index is 0.100. The van der Waals surface area contributed by atoms with Crippen LogP contribution in [0.4, 0.5) is 0 Å². The molecule has 0 radical (unpaired) electrons. The molecule has 2 nitrogen and oxygen atoms in total. The van der Waals surface area contributed by atoms with Gasteiger partial charge >= 0.3 is 0 Å². The van der Waals surface area contributed by atoms with Gasteiger partial charge in [0.15, 0.2) is 5.90 Å². The van der Waals surface area contributed by atoms with E-state index in [2.05, 4.69) is 20.4 Å². The molecule has 1 saturated carbocycles. The highest BCUT2D eigenvalue weighted by Gasteiger charge is 2.39. The third kappa shape index (κ3) is 2.24. The Morgan fingerprint density at radius 2 is 2.13 bits per heavy atom. The standard InChI is InChI=1S/C13H21NO/c1-4-12(2,3)9-11-14-13(10-15-11)7-5-6-8-13/h4H,1,5-10H2,2-3H3. The van der Waals surface area contributed by atoms with Crippen LogP contribution in [-0.2, 0) is 4.74 Å². The first-order chi connectivity index (χ1) is 7.05. The largest absolute Gasteiger partial charge is 0.478 e. The van der Waals surface area contributed by atoms with Crippen LogP contribution in [0.3, 0.4) is 0 Å². The lowest BCUT2D eigenvalue weighted by Crippen LogP contribution is -2.22. The van der Waals surface area contributed by atoms with Gasteiger partial charge in [0.2, 0.25) is 0 Å². The van der Waals surface area contributed by atoms with Gasteiger partial charge in [-0.3, -0.25) is 0 Å². The maximum Gasteiger partial charge on any atom is 0.184 e. The summed E-state index contributed by atoms with van der Waals surface area (Å²) in [6.45, 7) is 9.01. The van der Waals surface area contributed by atoms with Crippen molar-refractivity contribution in [2.75, 3.05) is 6.61 Å². The Labute approximate surface area is 92.4 Å². The van der Waals surface area contributed by atoms with E-state index in [1.165, 1.54) is 25.7 Å². The maximum absolute atomic E-state index is 5.73. The average molecular weight is 207 g/mol. The molecule has 0 atom stereocenters. The number of hydrogen-bond donors (Lipinski definition) is 0. The zero-order valence-corrected chi connectivity index (χ0v) is 9.88. The van der Waals surface area contributed by atoms with Gasteiger partial charge in [-0.1, -0.05) is 32.8 Å². The van der Waals surface area contributed by atoms with Gasteiger partial charge in [0.1, 0.15) is 6.61 Å². The summed E-state index contributed by atoms with van der Waals surface area (Å²) in [7, 11) is 0. The summed E-state index contributed by atoms with van der Waals surface area (Å²) in [4.78, 5) is 4.80. The van der Waals surface area contributed by atoms with Gasteiger partial charge in [0.05, 0.1) is 5.54 Å². The highest BCUT2D eigenvalue weighted by molar-refractivity contribution is 5.79. The second-order valence-corrected chi connectivity index (χ2v) is 5.60. The van der Waals surface area contributed by atoms with Crippen molar-refractivity contribution < 1.29 is 4.74 Å². The summed E-state index contributed by atoms with van der Waals surface area (Å²) in [5.74, 6) is 0.946. The fraction of sp³-hybridized carbons (Fsp3) is 0.769. The molecule has 0 aromatic rings. The Morgan fingerprint density at radius 3 is 2.73 bits per heavy atom. The van der Waals surface area contributed by atoms with Crippen molar-refractivity contribution in [3.8, 4) is 0 Å². The first-order valence-corrected chi connectivity index (χ1v) is 5.90. The zero-order valence-electron chi connectivity index (χ0n) is 9.88. The summed E-state index contributed by atoms with van der Waals surface area (Å²) >= 11 is 0. The molecule has 2 rings (SSSR count). The van der Waals surface area contributed by atoms with Crippen molar-refractivity contribution in [1.29, 1.82) is 0 Å². The minimum absolute atomic E-state index is 0.100. The van der Waals surface area contributed by atoms with Crippen LogP contribution in [0.5, 0.6) is 0 Å². The number of nitrogens with zero attached hydrogens (tertiary/aromatic N) is 1. The summed E-state index contributed by atoms with van der Waals surface area (Å²) in [5.41, 5.74) is 0.259. The van der Waals surface area contributed by atoms with E-state index in [4.69, 9.17) is 9.73 Å². The van der Waals surface area contributed by atoms with Gasteiger partial charge in [-0.25, -0.2) is 4.99 Å². The van der Waals surface area contributed by atoms with E-state index in [0.717, 1.165) is 18.9 Å². The van der Waals surface area contributed by atoms with Gasteiger partial charge in [-0.05, 0) is 18.3 Å². The summed E-state index contributed by atoms with van der Waals surface area (Å²) in [5, 5.41) is 0. The van der Waals surface area contributed by atoms with Crippen molar-refractivity contribution >= 4 is 5.90 Å². The fourth-order valence-corrected chi connectivity index (χ4v) is 2.39. The van der Waals surface area contributed by atoms with Crippen LogP contribution >= 0.6 is 0 Å². The lowest BCUT2D eigenvalue weighted by Gasteiger charge is -2.18. The second-order valence-electron chi connectivity index (χ2n) is 5.60. The van der Waals surface area contributed by atoms with Crippen LogP contribution in [0.25, 0.3) is 0 Å². The molecule has 1 aliphatic carbocycles. The number of ether oxygens (including phenoxy) is 1. The quantitative estimate of drug-likeness (QED) is 0.650. The number of allylic oxidation sites excluding steroid dienone is 1. The molecule has 2 heteroatoms. The summed E-state index contributed by atoms with van der Waals surface area (Å²) in [6.07, 6.45) is 7.92. The third-order valence-electron chi connectivity index (χ3n) is 3.56. The van der Waals surface area contributed by atoms with E-state index in [0.29, 0.717) is 0 Å². The predicted octanol–water partition coefficient (Wildman–Crippen LogP) is 3.33. The van der Waals surface area contributed by atoms with Crippen LogP contribution < -0.4 is 0 Å². The van der Waals surface area contributed by atoms with E-state index in [9.17, 15) is 0 Å². The van der Waals surface area contributed by atoms with Crippen molar-refractivity contribution in [1.82, 2.24) is 0 Å². The first-order valence-electron chi connectivity index (χ1n) is 5.90. The molecule has 0 aromatic carbocycles. The van der Waals surface area contributed by atoms with Crippen molar-refractivity contribution in [3.63, 3.8) is 0 Å². The molecule has 0 unspecified atom stereocenters. The van der Waals surface area contributed by atoms with E-state index in [-0.39, 0.29) is 11.0 Å². The van der Waals surface area contributed by atoms with Crippen molar-refractivity contribution in [3.05, 3.63) is 12.7 Å². The van der Waals surface area contributed by atoms with Gasteiger partial charge in [-0.2, -0.15) is 0 Å². The molecule has 1 heterocycles. The van der Waals surface area contributed by atoms with Crippen LogP contribution in [0.2, 0.25) is 0 Å². The Hall–Kier alpha value is -0.790. The van der Waals surface area contributed by atoms with Gasteiger partial charge < -0.3 is 4.74 Å².